The van der Waals surface area contributed by atoms with E-state index in [0.717, 1.165) is 16.8 Å². The summed E-state index contributed by atoms with van der Waals surface area (Å²) in [7, 11) is 5.75. The molecule has 0 amide bonds. The number of nitrogens with zero attached hydrogens (tertiary/aromatic N) is 3. The minimum atomic E-state index is 0.488. The molecule has 0 fully saturated rings. The van der Waals surface area contributed by atoms with Crippen LogP contribution in [0, 0.1) is 0 Å². The van der Waals surface area contributed by atoms with Crippen molar-refractivity contribution in [1.29, 1.82) is 0 Å². The summed E-state index contributed by atoms with van der Waals surface area (Å²) in [6.45, 7) is 0. The second-order valence-corrected chi connectivity index (χ2v) is 5.79. The molecule has 0 aliphatic carbocycles. The van der Waals surface area contributed by atoms with E-state index in [4.69, 9.17) is 7.85 Å². The van der Waals surface area contributed by atoms with Crippen LogP contribution in [0.2, 0.25) is 0 Å². The average Bonchev–Trinajstić information content (AvgIpc) is 2.71. The summed E-state index contributed by atoms with van der Waals surface area (Å²) in [6, 6.07) is 27.2. The monoisotopic (exact) mass is 334 g/mol. The van der Waals surface area contributed by atoms with Gasteiger partial charge in [-0.15, -0.1) is 0 Å². The normalized spacial score (nSPS) is 10.5. The van der Waals surface area contributed by atoms with E-state index in [1.54, 1.807) is 0 Å². The first-order chi connectivity index (χ1) is 12.8. The van der Waals surface area contributed by atoms with Gasteiger partial charge in [-0.1, -0.05) is 78.3 Å². The Hall–Kier alpha value is -3.47. The van der Waals surface area contributed by atoms with Crippen molar-refractivity contribution >= 4 is 24.9 Å². The van der Waals surface area contributed by atoms with Crippen LogP contribution in [0.1, 0.15) is 0 Å². The van der Waals surface area contributed by atoms with Gasteiger partial charge in [0.1, 0.15) is 7.85 Å². The Balaban J connectivity index is 1.78. The number of hydrogen-bond donors (Lipinski definition) is 1. The van der Waals surface area contributed by atoms with Gasteiger partial charge in [0, 0.05) is 16.8 Å². The average molecular weight is 334 g/mol. The highest BCUT2D eigenvalue weighted by molar-refractivity contribution is 6.32. The minimum Gasteiger partial charge on any atom is -0.324 e. The van der Waals surface area contributed by atoms with Crippen LogP contribution < -0.4 is 10.8 Å². The molecule has 4 aromatic rings. The van der Waals surface area contributed by atoms with E-state index in [1.807, 2.05) is 84.9 Å². The number of aromatic nitrogens is 3. The van der Waals surface area contributed by atoms with Crippen molar-refractivity contribution in [2.75, 3.05) is 5.32 Å². The van der Waals surface area contributed by atoms with Gasteiger partial charge < -0.3 is 5.32 Å². The van der Waals surface area contributed by atoms with Gasteiger partial charge in [0.05, 0.1) is 0 Å². The summed E-state index contributed by atoms with van der Waals surface area (Å²) in [5, 5.41) is 3.23. The van der Waals surface area contributed by atoms with Crippen LogP contribution in [0.25, 0.3) is 22.8 Å². The van der Waals surface area contributed by atoms with Gasteiger partial charge in [-0.25, -0.2) is 4.98 Å². The lowest BCUT2D eigenvalue weighted by Gasteiger charge is -2.10. The molecule has 0 unspecified atom stereocenters. The standard InChI is InChI=1S/C21H15BN4/c22-17-11-13-18(14-12-17)23-21-25-19(15-7-3-1-4-8-15)24-20(26-21)16-9-5-2-6-10-16/h1-14H,(H,23,24,25,26). The molecule has 0 aliphatic heterocycles. The van der Waals surface area contributed by atoms with Gasteiger partial charge in [-0.3, -0.25) is 0 Å². The molecule has 0 bridgehead atoms. The lowest BCUT2D eigenvalue weighted by Crippen LogP contribution is -2.05. The van der Waals surface area contributed by atoms with E-state index >= 15 is 0 Å². The largest absolute Gasteiger partial charge is 0.324 e. The second-order valence-electron chi connectivity index (χ2n) is 5.79. The third-order valence-electron chi connectivity index (χ3n) is 3.87. The summed E-state index contributed by atoms with van der Waals surface area (Å²) in [5.74, 6) is 1.73. The highest BCUT2D eigenvalue weighted by Crippen LogP contribution is 2.22. The molecular weight excluding hydrogens is 319 g/mol. The summed E-state index contributed by atoms with van der Waals surface area (Å²) in [6.07, 6.45) is 0. The Morgan fingerprint density at radius 3 is 1.58 bits per heavy atom. The first-order valence-electron chi connectivity index (χ1n) is 8.27. The summed E-state index contributed by atoms with van der Waals surface area (Å²) in [4.78, 5) is 13.8. The van der Waals surface area contributed by atoms with Gasteiger partial charge in [-0.2, -0.15) is 9.97 Å². The number of hydrogen-bond acceptors (Lipinski definition) is 4. The van der Waals surface area contributed by atoms with Crippen molar-refractivity contribution in [3.63, 3.8) is 0 Å². The maximum atomic E-state index is 5.75. The molecule has 0 spiro atoms. The van der Waals surface area contributed by atoms with Crippen molar-refractivity contribution in [2.24, 2.45) is 0 Å². The Morgan fingerprint density at radius 2 is 1.08 bits per heavy atom. The number of benzene rings is 3. The fourth-order valence-corrected chi connectivity index (χ4v) is 2.56. The van der Waals surface area contributed by atoms with Crippen LogP contribution in [-0.2, 0) is 0 Å². The predicted octanol–water partition coefficient (Wildman–Crippen LogP) is 3.74. The second kappa shape index (κ2) is 7.19. The Kier molecular flexibility index (Phi) is 4.43. The maximum Gasteiger partial charge on any atom is 0.231 e. The van der Waals surface area contributed by atoms with Crippen molar-refractivity contribution in [3.8, 4) is 22.8 Å². The molecule has 1 N–H and O–H groups in total. The van der Waals surface area contributed by atoms with Crippen LogP contribution >= 0.6 is 0 Å². The molecule has 26 heavy (non-hydrogen) atoms. The molecule has 0 saturated heterocycles. The Labute approximate surface area is 153 Å². The maximum absolute atomic E-state index is 5.75. The highest BCUT2D eigenvalue weighted by Gasteiger charge is 2.10. The topological polar surface area (TPSA) is 50.7 Å². The Bertz CT molecular complexity index is 945. The lowest BCUT2D eigenvalue weighted by molar-refractivity contribution is 1.07. The van der Waals surface area contributed by atoms with E-state index < -0.39 is 0 Å². The van der Waals surface area contributed by atoms with E-state index in [9.17, 15) is 0 Å². The number of rotatable bonds is 4. The minimum absolute atomic E-state index is 0.488. The highest BCUT2D eigenvalue weighted by atomic mass is 15.2. The van der Waals surface area contributed by atoms with Crippen molar-refractivity contribution in [3.05, 3.63) is 84.9 Å². The third-order valence-corrected chi connectivity index (χ3v) is 3.87. The molecule has 4 nitrogen and oxygen atoms in total. The van der Waals surface area contributed by atoms with E-state index in [-0.39, 0.29) is 0 Å². The van der Waals surface area contributed by atoms with Crippen LogP contribution in [0.5, 0.6) is 0 Å². The quantitative estimate of drug-likeness (QED) is 0.578. The summed E-state index contributed by atoms with van der Waals surface area (Å²) in [5.41, 5.74) is 3.45. The zero-order chi connectivity index (χ0) is 17.8. The lowest BCUT2D eigenvalue weighted by atomic mass is 9.96. The smallest absolute Gasteiger partial charge is 0.231 e. The first kappa shape index (κ1) is 16.0. The van der Waals surface area contributed by atoms with Crippen LogP contribution in [0.3, 0.4) is 0 Å². The molecule has 1 aromatic heterocycles. The predicted molar refractivity (Wildman–Crippen MR) is 106 cm³/mol. The molecule has 0 saturated carbocycles. The number of nitrogens with one attached hydrogen (secondary N) is 1. The van der Waals surface area contributed by atoms with Gasteiger partial charge >= 0.3 is 0 Å². The fraction of sp³-hybridized carbons (Fsp3) is 0. The molecular formula is C21H15BN4. The Morgan fingerprint density at radius 1 is 0.577 bits per heavy atom. The zero-order valence-electron chi connectivity index (χ0n) is 14.0. The van der Waals surface area contributed by atoms with Gasteiger partial charge in [0.2, 0.25) is 5.95 Å². The van der Waals surface area contributed by atoms with Crippen LogP contribution in [0.4, 0.5) is 11.6 Å². The van der Waals surface area contributed by atoms with Crippen LogP contribution in [0.15, 0.2) is 84.9 Å². The van der Waals surface area contributed by atoms with Crippen molar-refractivity contribution in [1.82, 2.24) is 15.0 Å². The summed E-state index contributed by atoms with van der Waals surface area (Å²) < 4.78 is 0. The van der Waals surface area contributed by atoms with Gasteiger partial charge in [-0.05, 0) is 12.1 Å². The van der Waals surface area contributed by atoms with E-state index in [1.165, 1.54) is 0 Å². The van der Waals surface area contributed by atoms with Crippen LogP contribution in [-0.4, -0.2) is 22.8 Å². The van der Waals surface area contributed by atoms with Gasteiger partial charge in [0.15, 0.2) is 11.6 Å². The fourth-order valence-electron chi connectivity index (χ4n) is 2.56. The molecule has 1 heterocycles. The van der Waals surface area contributed by atoms with E-state index in [2.05, 4.69) is 20.3 Å². The zero-order valence-corrected chi connectivity index (χ0v) is 14.0. The molecule has 0 aliphatic rings. The SMILES string of the molecule is [B]c1ccc(Nc2nc(-c3ccccc3)nc(-c3ccccc3)n2)cc1. The van der Waals surface area contributed by atoms with Crippen molar-refractivity contribution < 1.29 is 0 Å². The molecule has 5 heteroatoms. The molecule has 2 radical (unpaired) electrons. The van der Waals surface area contributed by atoms with Crippen molar-refractivity contribution in [2.45, 2.75) is 0 Å². The number of anilines is 2. The summed E-state index contributed by atoms with van der Waals surface area (Å²) >= 11 is 0. The molecule has 122 valence electrons. The van der Waals surface area contributed by atoms with E-state index in [0.29, 0.717) is 23.1 Å². The third kappa shape index (κ3) is 3.62. The molecule has 0 atom stereocenters. The van der Waals surface area contributed by atoms with Gasteiger partial charge in [0.25, 0.3) is 0 Å². The molecule has 3 aromatic carbocycles. The molecule has 4 rings (SSSR count). The first-order valence-corrected chi connectivity index (χ1v) is 8.27.